The van der Waals surface area contributed by atoms with Crippen LogP contribution < -0.4 is 10.6 Å². The van der Waals surface area contributed by atoms with Crippen LogP contribution in [0.25, 0.3) is 0 Å². The van der Waals surface area contributed by atoms with Crippen LogP contribution in [0, 0.1) is 6.92 Å². The third-order valence-corrected chi connectivity index (χ3v) is 3.92. The summed E-state index contributed by atoms with van der Waals surface area (Å²) in [5, 5.41) is 5.81. The highest BCUT2D eigenvalue weighted by Gasteiger charge is 2.14. The fourth-order valence-corrected chi connectivity index (χ4v) is 2.32. The van der Waals surface area contributed by atoms with Gasteiger partial charge in [-0.25, -0.2) is 9.59 Å². The zero-order chi connectivity index (χ0) is 17.4. The van der Waals surface area contributed by atoms with Crippen LogP contribution in [0.15, 0.2) is 18.2 Å². The Morgan fingerprint density at radius 1 is 0.826 bits per heavy atom. The van der Waals surface area contributed by atoms with Gasteiger partial charge in [-0.3, -0.25) is 0 Å². The topological polar surface area (TPSA) is 64.7 Å². The second-order valence-corrected chi connectivity index (χ2v) is 5.18. The third kappa shape index (κ3) is 4.87. The van der Waals surface area contributed by atoms with Crippen LogP contribution in [0.1, 0.15) is 33.3 Å². The van der Waals surface area contributed by atoms with Crippen LogP contribution in [0.4, 0.5) is 21.0 Å². The van der Waals surface area contributed by atoms with Crippen molar-refractivity contribution in [3.05, 3.63) is 23.8 Å². The van der Waals surface area contributed by atoms with Crippen molar-refractivity contribution in [2.75, 3.05) is 36.8 Å². The minimum atomic E-state index is -0.134. The van der Waals surface area contributed by atoms with Crippen molar-refractivity contribution in [2.24, 2.45) is 0 Å². The Hall–Kier alpha value is -2.24. The molecule has 0 aliphatic carbocycles. The fraction of sp³-hybridized carbons (Fsp3) is 0.529. The average Bonchev–Trinajstić information content (AvgIpc) is 2.53. The summed E-state index contributed by atoms with van der Waals surface area (Å²) >= 11 is 0. The fourth-order valence-electron chi connectivity index (χ4n) is 2.32. The van der Waals surface area contributed by atoms with E-state index in [0.29, 0.717) is 37.6 Å². The van der Waals surface area contributed by atoms with Gasteiger partial charge in [0.2, 0.25) is 0 Å². The van der Waals surface area contributed by atoms with Gasteiger partial charge in [0.1, 0.15) is 0 Å². The number of carbonyl (C=O) groups excluding carboxylic acids is 2. The highest BCUT2D eigenvalue weighted by Crippen LogP contribution is 2.24. The van der Waals surface area contributed by atoms with Gasteiger partial charge in [0.05, 0.1) is 0 Å². The summed E-state index contributed by atoms with van der Waals surface area (Å²) in [5.41, 5.74) is 2.26. The van der Waals surface area contributed by atoms with Gasteiger partial charge in [-0.15, -0.1) is 0 Å². The predicted molar refractivity (Wildman–Crippen MR) is 95.1 cm³/mol. The van der Waals surface area contributed by atoms with Crippen LogP contribution >= 0.6 is 0 Å². The number of amides is 4. The van der Waals surface area contributed by atoms with E-state index in [9.17, 15) is 9.59 Å². The van der Waals surface area contributed by atoms with E-state index in [2.05, 4.69) is 10.6 Å². The van der Waals surface area contributed by atoms with Crippen molar-refractivity contribution in [1.82, 2.24) is 9.80 Å². The van der Waals surface area contributed by atoms with E-state index in [1.54, 1.807) is 9.80 Å². The van der Waals surface area contributed by atoms with Crippen LogP contribution in [0.3, 0.4) is 0 Å². The molecule has 128 valence electrons. The molecular formula is C17H28N4O2. The first-order valence-corrected chi connectivity index (χ1v) is 8.19. The molecule has 6 heteroatoms. The number of anilines is 2. The molecule has 1 aromatic carbocycles. The summed E-state index contributed by atoms with van der Waals surface area (Å²) < 4.78 is 0. The van der Waals surface area contributed by atoms with Crippen molar-refractivity contribution in [3.63, 3.8) is 0 Å². The average molecular weight is 320 g/mol. The van der Waals surface area contributed by atoms with Crippen molar-refractivity contribution < 1.29 is 9.59 Å². The maximum absolute atomic E-state index is 12.2. The summed E-state index contributed by atoms with van der Waals surface area (Å²) in [6.45, 7) is 12.3. The number of carbonyl (C=O) groups is 2. The second kappa shape index (κ2) is 9.02. The minimum Gasteiger partial charge on any atom is -0.325 e. The van der Waals surface area contributed by atoms with E-state index < -0.39 is 0 Å². The molecule has 0 radical (unpaired) electrons. The predicted octanol–water partition coefficient (Wildman–Crippen LogP) is 3.74. The Morgan fingerprint density at radius 3 is 1.48 bits per heavy atom. The van der Waals surface area contributed by atoms with Crippen molar-refractivity contribution in [3.8, 4) is 0 Å². The number of hydrogen-bond acceptors (Lipinski definition) is 2. The van der Waals surface area contributed by atoms with Crippen molar-refractivity contribution >= 4 is 23.4 Å². The maximum Gasteiger partial charge on any atom is 0.321 e. The Kier molecular flexibility index (Phi) is 7.38. The molecule has 0 aliphatic heterocycles. The first-order valence-electron chi connectivity index (χ1n) is 8.19. The molecule has 0 bridgehead atoms. The Balaban J connectivity index is 2.90. The van der Waals surface area contributed by atoms with Gasteiger partial charge in [0.25, 0.3) is 0 Å². The lowest BCUT2D eigenvalue weighted by Crippen LogP contribution is -2.35. The van der Waals surface area contributed by atoms with Gasteiger partial charge in [-0.1, -0.05) is 6.07 Å². The van der Waals surface area contributed by atoms with E-state index >= 15 is 0 Å². The lowest BCUT2D eigenvalue weighted by atomic mass is 10.1. The molecule has 0 aliphatic rings. The molecule has 6 nitrogen and oxygen atoms in total. The standard InChI is InChI=1S/C17H28N4O2/c1-6-20(7-2)16(22)18-14-11-10-12-15(13(14)5)19-17(23)21(8-3)9-4/h10-12H,6-9H2,1-5H3,(H,18,22)(H,19,23). The van der Waals surface area contributed by atoms with Crippen LogP contribution in [0.2, 0.25) is 0 Å². The van der Waals surface area contributed by atoms with Crippen LogP contribution in [-0.2, 0) is 0 Å². The van der Waals surface area contributed by atoms with Crippen molar-refractivity contribution in [2.45, 2.75) is 34.6 Å². The SMILES string of the molecule is CCN(CC)C(=O)Nc1cccc(NC(=O)N(CC)CC)c1C. The molecule has 0 atom stereocenters. The lowest BCUT2D eigenvalue weighted by Gasteiger charge is -2.22. The molecular weight excluding hydrogens is 292 g/mol. The zero-order valence-electron chi connectivity index (χ0n) is 14.8. The minimum absolute atomic E-state index is 0.134. The summed E-state index contributed by atoms with van der Waals surface area (Å²) in [7, 11) is 0. The molecule has 4 amide bonds. The van der Waals surface area contributed by atoms with Gasteiger partial charge in [0.15, 0.2) is 0 Å². The molecule has 0 saturated heterocycles. The highest BCUT2D eigenvalue weighted by atomic mass is 16.2. The van der Waals surface area contributed by atoms with E-state index in [4.69, 9.17) is 0 Å². The summed E-state index contributed by atoms with van der Waals surface area (Å²) in [4.78, 5) is 27.8. The van der Waals surface area contributed by atoms with Gasteiger partial charge in [-0.05, 0) is 52.3 Å². The van der Waals surface area contributed by atoms with Gasteiger partial charge < -0.3 is 20.4 Å². The normalized spacial score (nSPS) is 10.1. The highest BCUT2D eigenvalue weighted by molar-refractivity contribution is 5.94. The van der Waals surface area contributed by atoms with E-state index in [-0.39, 0.29) is 12.1 Å². The molecule has 1 aromatic rings. The number of nitrogens with one attached hydrogen (secondary N) is 2. The molecule has 0 aromatic heterocycles. The Labute approximate surface area is 138 Å². The van der Waals surface area contributed by atoms with Crippen LogP contribution in [-0.4, -0.2) is 48.0 Å². The van der Waals surface area contributed by atoms with E-state index in [0.717, 1.165) is 5.56 Å². The summed E-state index contributed by atoms with van der Waals surface area (Å²) in [5.74, 6) is 0. The van der Waals surface area contributed by atoms with E-state index in [1.807, 2.05) is 52.8 Å². The second-order valence-electron chi connectivity index (χ2n) is 5.18. The molecule has 0 spiro atoms. The largest absolute Gasteiger partial charge is 0.325 e. The van der Waals surface area contributed by atoms with Gasteiger partial charge >= 0.3 is 12.1 Å². The Morgan fingerprint density at radius 2 is 1.17 bits per heavy atom. The quantitative estimate of drug-likeness (QED) is 0.838. The van der Waals surface area contributed by atoms with Gasteiger partial charge in [0, 0.05) is 37.6 Å². The molecule has 0 unspecified atom stereocenters. The molecule has 23 heavy (non-hydrogen) atoms. The maximum atomic E-state index is 12.2. The molecule has 2 N–H and O–H groups in total. The zero-order valence-corrected chi connectivity index (χ0v) is 14.8. The third-order valence-electron chi connectivity index (χ3n) is 3.92. The smallest absolute Gasteiger partial charge is 0.321 e. The summed E-state index contributed by atoms with van der Waals surface area (Å²) in [6, 6.07) is 5.23. The molecule has 0 heterocycles. The molecule has 0 saturated carbocycles. The number of rotatable bonds is 6. The Bertz CT molecular complexity index is 493. The number of urea groups is 2. The first-order chi connectivity index (χ1) is 11.0. The monoisotopic (exact) mass is 320 g/mol. The number of nitrogens with zero attached hydrogens (tertiary/aromatic N) is 2. The lowest BCUT2D eigenvalue weighted by molar-refractivity contribution is 0.216. The van der Waals surface area contributed by atoms with Gasteiger partial charge in [-0.2, -0.15) is 0 Å². The number of benzene rings is 1. The van der Waals surface area contributed by atoms with E-state index in [1.165, 1.54) is 0 Å². The first kappa shape index (κ1) is 18.8. The number of hydrogen-bond donors (Lipinski definition) is 2. The molecule has 0 fully saturated rings. The molecule has 1 rings (SSSR count). The summed E-state index contributed by atoms with van der Waals surface area (Å²) in [6.07, 6.45) is 0. The van der Waals surface area contributed by atoms with Crippen LogP contribution in [0.5, 0.6) is 0 Å². The van der Waals surface area contributed by atoms with Crippen molar-refractivity contribution in [1.29, 1.82) is 0 Å².